The van der Waals surface area contributed by atoms with Gasteiger partial charge in [0.05, 0.1) is 12.1 Å². The first-order valence-corrected chi connectivity index (χ1v) is 27.9. The quantitative estimate of drug-likeness (QED) is 0.0453. The third-order valence-corrected chi connectivity index (χ3v) is 15.5. The van der Waals surface area contributed by atoms with E-state index in [1.54, 1.807) is 32.2 Å². The summed E-state index contributed by atoms with van der Waals surface area (Å²) in [6.45, 7) is 4.85. The lowest BCUT2D eigenvalue weighted by Gasteiger charge is -2.29. The molecular formula is C54H69N11O10S2. The van der Waals surface area contributed by atoms with Crippen LogP contribution in [0.25, 0.3) is 21.7 Å². The second kappa shape index (κ2) is 28.3. The Hall–Kier alpha value is -7.18. The zero-order chi connectivity index (χ0) is 55.8. The van der Waals surface area contributed by atoms with Gasteiger partial charge < -0.3 is 69.6 Å². The van der Waals surface area contributed by atoms with E-state index in [0.717, 1.165) is 48.8 Å². The summed E-state index contributed by atoms with van der Waals surface area (Å²) in [4.78, 5) is 116. The molecule has 4 aromatic carbocycles. The van der Waals surface area contributed by atoms with E-state index < -0.39 is 108 Å². The van der Waals surface area contributed by atoms with Crippen molar-refractivity contribution < 1.29 is 48.6 Å². The zero-order valence-corrected chi connectivity index (χ0v) is 44.7. The first-order chi connectivity index (χ1) is 36.8. The Bertz CT molecular complexity index is 2890. The smallest absolute Gasteiger partial charge is 0.244 e. The van der Waals surface area contributed by atoms with Crippen molar-refractivity contribution in [3.05, 3.63) is 114 Å². The molecule has 0 spiro atoms. The van der Waals surface area contributed by atoms with Crippen LogP contribution in [0.1, 0.15) is 56.7 Å². The molecule has 9 atom stereocenters. The van der Waals surface area contributed by atoms with Gasteiger partial charge >= 0.3 is 0 Å². The number of nitrogens with one attached hydrogen (secondary N) is 8. The number of para-hydroxylation sites is 1. The molecule has 0 bridgehead atoms. The molecule has 21 nitrogen and oxygen atoms in total. The average molecular weight is 1100 g/mol. The highest BCUT2D eigenvalue weighted by Crippen LogP contribution is 2.25. The van der Waals surface area contributed by atoms with Gasteiger partial charge in [-0.3, -0.25) is 38.4 Å². The third kappa shape index (κ3) is 16.9. The number of unbranched alkanes of at least 4 members (excludes halogenated alkanes) is 1. The number of aromatic amines is 1. The third-order valence-electron chi connectivity index (χ3n) is 13.1. The SMILES string of the molecule is CC(C)[C@@H]1NC(=O)[C@@H](CCCCN)NC(=O)[C@@H](Cc2c[nH]c3ccccc23)NC(=O)[C@H](Cc2ccc(O)cc2)NC(=O)[C@@H](NC(=O)[C@H](N)Cc2ccc3ccccc3c2)CSSC[C@@H](C(=O)N[C@H](C(N)=O)[C@@H](C)O)NC1=O. The van der Waals surface area contributed by atoms with E-state index >= 15 is 0 Å². The Kier molecular flexibility index (Phi) is 21.7. The molecule has 1 aliphatic rings. The van der Waals surface area contributed by atoms with Crippen molar-refractivity contribution in [2.45, 2.75) is 114 Å². The maximum absolute atomic E-state index is 14.9. The number of aromatic hydroxyl groups is 1. The number of primary amides is 1. The zero-order valence-electron chi connectivity index (χ0n) is 43.1. The maximum Gasteiger partial charge on any atom is 0.244 e. The van der Waals surface area contributed by atoms with E-state index in [4.69, 9.17) is 17.2 Å². The molecule has 0 radical (unpaired) electrons. The molecule has 1 fully saturated rings. The number of fused-ring (bicyclic) bond motifs is 2. The Balaban J connectivity index is 1.39. The van der Waals surface area contributed by atoms with Crippen LogP contribution >= 0.6 is 21.6 Å². The van der Waals surface area contributed by atoms with Crippen LogP contribution in [-0.4, -0.2) is 135 Å². The lowest BCUT2D eigenvalue weighted by molar-refractivity contribution is -0.136. The largest absolute Gasteiger partial charge is 0.508 e. The average Bonchev–Trinajstić information content (AvgIpc) is 3.81. The minimum atomic E-state index is -1.55. The van der Waals surface area contributed by atoms with Gasteiger partial charge in [0.2, 0.25) is 47.3 Å². The second-order valence-electron chi connectivity index (χ2n) is 19.4. The minimum absolute atomic E-state index is 0.0501. The van der Waals surface area contributed by atoms with E-state index in [2.05, 4.69) is 42.2 Å². The number of aromatic nitrogens is 1. The number of nitrogens with two attached hydrogens (primary N) is 3. The molecule has 412 valence electrons. The molecule has 77 heavy (non-hydrogen) atoms. The van der Waals surface area contributed by atoms with Crippen LogP contribution in [0.4, 0.5) is 0 Å². The van der Waals surface area contributed by atoms with E-state index in [1.165, 1.54) is 19.1 Å². The van der Waals surface area contributed by atoms with Gasteiger partial charge in [0.25, 0.3) is 0 Å². The monoisotopic (exact) mass is 1100 g/mol. The maximum atomic E-state index is 14.9. The molecule has 1 aromatic heterocycles. The number of amides is 8. The highest BCUT2D eigenvalue weighted by atomic mass is 33.1. The molecule has 23 heteroatoms. The molecule has 0 saturated carbocycles. The van der Waals surface area contributed by atoms with Crippen molar-refractivity contribution in [1.29, 1.82) is 0 Å². The van der Waals surface area contributed by atoms with Crippen molar-refractivity contribution in [3.8, 4) is 5.75 Å². The highest BCUT2D eigenvalue weighted by molar-refractivity contribution is 8.76. The van der Waals surface area contributed by atoms with Gasteiger partial charge in [-0.25, -0.2) is 0 Å². The van der Waals surface area contributed by atoms with Gasteiger partial charge in [0.15, 0.2) is 0 Å². The van der Waals surface area contributed by atoms with Crippen molar-refractivity contribution in [1.82, 2.24) is 42.2 Å². The molecule has 0 aliphatic carbocycles. The Labute approximate surface area is 453 Å². The van der Waals surface area contributed by atoms with Crippen LogP contribution in [-0.2, 0) is 57.6 Å². The number of aliphatic hydroxyl groups is 1. The number of benzene rings is 4. The van der Waals surface area contributed by atoms with Crippen molar-refractivity contribution in [3.63, 3.8) is 0 Å². The van der Waals surface area contributed by atoms with Gasteiger partial charge in [-0.1, -0.05) is 108 Å². The van der Waals surface area contributed by atoms with Gasteiger partial charge in [-0.15, -0.1) is 0 Å². The van der Waals surface area contributed by atoms with E-state index in [0.29, 0.717) is 24.0 Å². The molecule has 8 amide bonds. The first kappa shape index (κ1) is 59.1. The van der Waals surface area contributed by atoms with E-state index in [-0.39, 0.29) is 49.5 Å². The van der Waals surface area contributed by atoms with Crippen molar-refractivity contribution >= 4 is 90.5 Å². The molecule has 16 N–H and O–H groups in total. The van der Waals surface area contributed by atoms with Gasteiger partial charge in [-0.05, 0) is 90.7 Å². The molecule has 1 aliphatic heterocycles. The summed E-state index contributed by atoms with van der Waals surface area (Å²) in [5.41, 5.74) is 20.5. The molecular weight excluding hydrogens is 1030 g/mol. The van der Waals surface area contributed by atoms with Crippen LogP contribution in [0.2, 0.25) is 0 Å². The van der Waals surface area contributed by atoms with E-state index in [1.807, 2.05) is 66.7 Å². The van der Waals surface area contributed by atoms with Gasteiger partial charge in [-0.2, -0.15) is 0 Å². The summed E-state index contributed by atoms with van der Waals surface area (Å²) < 4.78 is 0. The number of rotatable bonds is 17. The topological polar surface area (TPSA) is 355 Å². The summed E-state index contributed by atoms with van der Waals surface area (Å²) in [5.74, 6) is -7.66. The Morgan fingerprint density at radius 1 is 0.714 bits per heavy atom. The fraction of sp³-hybridized carbons (Fsp3) is 0.407. The number of phenols is 1. The van der Waals surface area contributed by atoms with Gasteiger partial charge in [0.1, 0.15) is 48.0 Å². The predicted molar refractivity (Wildman–Crippen MR) is 296 cm³/mol. The van der Waals surface area contributed by atoms with Crippen LogP contribution in [0.3, 0.4) is 0 Å². The van der Waals surface area contributed by atoms with Crippen LogP contribution in [0.5, 0.6) is 5.75 Å². The predicted octanol–water partition coefficient (Wildman–Crippen LogP) is 0.822. The summed E-state index contributed by atoms with van der Waals surface area (Å²) in [7, 11) is 2.03. The Morgan fingerprint density at radius 2 is 1.34 bits per heavy atom. The van der Waals surface area contributed by atoms with Crippen molar-refractivity contribution in [2.24, 2.45) is 23.1 Å². The number of phenolic OH excluding ortho intramolecular Hbond substituents is 1. The molecule has 0 unspecified atom stereocenters. The second-order valence-corrected chi connectivity index (χ2v) is 22.0. The van der Waals surface area contributed by atoms with Crippen LogP contribution in [0.15, 0.2) is 97.2 Å². The lowest BCUT2D eigenvalue weighted by Crippen LogP contribution is -2.62. The Morgan fingerprint density at radius 3 is 2.03 bits per heavy atom. The van der Waals surface area contributed by atoms with Crippen LogP contribution in [0, 0.1) is 5.92 Å². The van der Waals surface area contributed by atoms with E-state index in [9.17, 15) is 48.6 Å². The number of H-pyrrole nitrogens is 1. The highest BCUT2D eigenvalue weighted by Gasteiger charge is 2.36. The summed E-state index contributed by atoms with van der Waals surface area (Å²) in [5, 5.41) is 42.1. The fourth-order valence-corrected chi connectivity index (χ4v) is 11.0. The number of hydrogen-bond donors (Lipinski definition) is 13. The van der Waals surface area contributed by atoms with Gasteiger partial charge in [0, 0.05) is 41.4 Å². The normalized spacial score (nSPS) is 21.6. The van der Waals surface area contributed by atoms with Crippen LogP contribution < -0.4 is 54.4 Å². The summed E-state index contributed by atoms with van der Waals surface area (Å²) >= 11 is 0. The molecule has 1 saturated heterocycles. The summed E-state index contributed by atoms with van der Waals surface area (Å²) in [6, 6.07) is 15.8. The number of carbonyl (C=O) groups is 8. The number of carbonyl (C=O) groups excluding carboxylic acids is 8. The standard InChI is InChI=1S/C54H69N11O10S2/c1-29(2)45-54(75)63-44(53(74)65-46(30(3)66)47(57)68)28-77-76-27-43(62-48(69)38(56)23-32-15-18-33-10-4-5-11-34(33)22-32)52(73)60-41(24-31-16-19-36(67)20-17-31)50(71)61-42(25-35-26-58-39-13-7-6-12-37(35)39)51(72)59-40(49(70)64-45)14-8-9-21-55/h4-7,10-13,15-20,22,26,29-30,38,40-46,58,66-67H,8-9,14,21,23-25,27-28,55-56H2,1-3H3,(H2,57,68)(H,59,72)(H,60,73)(H,61,71)(H,62,69)(H,63,75)(H,64,70)(H,65,74)/t30-,38-,40-,41+,42-,43+,44+,45+,46+/m1/s1. The number of hydrogen-bond acceptors (Lipinski definition) is 14. The molecule has 2 heterocycles. The fourth-order valence-electron chi connectivity index (χ4n) is 8.71. The van der Waals surface area contributed by atoms with Crippen molar-refractivity contribution in [2.75, 3.05) is 18.1 Å². The first-order valence-electron chi connectivity index (χ1n) is 25.4. The molecule has 6 rings (SSSR count). The molecule has 5 aromatic rings. The number of aliphatic hydroxyl groups excluding tert-OH is 1. The summed E-state index contributed by atoms with van der Waals surface area (Å²) in [6.07, 6.45) is 1.05. The minimum Gasteiger partial charge on any atom is -0.508 e. The lowest BCUT2D eigenvalue weighted by atomic mass is 10.00.